The molecule has 1 N–H and O–H groups in total. The van der Waals surface area contributed by atoms with Crippen molar-refractivity contribution in [1.82, 2.24) is 20.0 Å². The van der Waals surface area contributed by atoms with Crippen molar-refractivity contribution >= 4 is 17.7 Å². The van der Waals surface area contributed by atoms with E-state index >= 15 is 0 Å². The summed E-state index contributed by atoms with van der Waals surface area (Å²) in [6, 6.07) is 7.51. The number of rotatable bonds is 6. The Kier molecular flexibility index (Phi) is 5.85. The van der Waals surface area contributed by atoms with Gasteiger partial charge in [-0.25, -0.2) is 0 Å². The van der Waals surface area contributed by atoms with Crippen LogP contribution in [0.1, 0.15) is 48.5 Å². The van der Waals surface area contributed by atoms with Crippen LogP contribution in [0.3, 0.4) is 0 Å². The van der Waals surface area contributed by atoms with Crippen LogP contribution in [-0.2, 0) is 16.1 Å². The first kappa shape index (κ1) is 19.9. The number of hydrogen-bond donors (Lipinski definition) is 1. The fraction of sp³-hybridized carbons (Fsp3) is 0.591. The Bertz CT molecular complexity index is 779. The first-order chi connectivity index (χ1) is 14.1. The van der Waals surface area contributed by atoms with Gasteiger partial charge in [0, 0.05) is 31.2 Å². The molecule has 7 heteroatoms. The number of hydrogen-bond acceptors (Lipinski definition) is 4. The number of likely N-dealkylation sites (tertiary alicyclic amines) is 1. The van der Waals surface area contributed by atoms with Crippen LogP contribution in [0.4, 0.5) is 0 Å². The highest BCUT2D eigenvalue weighted by molar-refractivity contribution is 5.95. The molecule has 0 radical (unpaired) electrons. The maximum atomic E-state index is 12.7. The zero-order valence-corrected chi connectivity index (χ0v) is 17.1. The molecule has 29 heavy (non-hydrogen) atoms. The van der Waals surface area contributed by atoms with E-state index in [0.29, 0.717) is 31.2 Å². The topological polar surface area (TPSA) is 73.0 Å². The van der Waals surface area contributed by atoms with Crippen molar-refractivity contribution in [1.29, 1.82) is 0 Å². The van der Waals surface area contributed by atoms with Crippen molar-refractivity contribution in [2.24, 2.45) is 0 Å². The van der Waals surface area contributed by atoms with Crippen molar-refractivity contribution in [3.63, 3.8) is 0 Å². The van der Waals surface area contributed by atoms with E-state index in [1.54, 1.807) is 21.9 Å². The Morgan fingerprint density at radius 1 is 1.10 bits per heavy atom. The number of benzene rings is 1. The smallest absolute Gasteiger partial charge is 0.251 e. The SMILES string of the molecule is CCN1CCC[C@H]1CNC(=O)c1ccc(CN2CC(=O)N3CCC[C@@H]3C2=O)cc1. The van der Waals surface area contributed by atoms with E-state index in [0.717, 1.165) is 37.9 Å². The van der Waals surface area contributed by atoms with Gasteiger partial charge in [0.2, 0.25) is 11.8 Å². The van der Waals surface area contributed by atoms with E-state index in [9.17, 15) is 14.4 Å². The summed E-state index contributed by atoms with van der Waals surface area (Å²) >= 11 is 0. The van der Waals surface area contributed by atoms with Gasteiger partial charge in [0.15, 0.2) is 0 Å². The number of piperazine rings is 1. The normalized spacial score (nSPS) is 24.9. The molecule has 3 aliphatic heterocycles. The highest BCUT2D eigenvalue weighted by Crippen LogP contribution is 2.24. The van der Waals surface area contributed by atoms with Crippen LogP contribution in [0.2, 0.25) is 0 Å². The highest BCUT2D eigenvalue weighted by Gasteiger charge is 2.41. The molecule has 3 amide bonds. The van der Waals surface area contributed by atoms with E-state index in [2.05, 4.69) is 17.1 Å². The molecule has 3 fully saturated rings. The molecule has 0 bridgehead atoms. The molecule has 3 heterocycles. The number of carbonyl (C=O) groups excluding carboxylic acids is 3. The lowest BCUT2D eigenvalue weighted by Gasteiger charge is -2.36. The minimum absolute atomic E-state index is 0.0381. The molecular formula is C22H30N4O3. The van der Waals surface area contributed by atoms with Gasteiger partial charge in [-0.2, -0.15) is 0 Å². The Morgan fingerprint density at radius 2 is 1.86 bits per heavy atom. The van der Waals surface area contributed by atoms with E-state index in [4.69, 9.17) is 0 Å². The van der Waals surface area contributed by atoms with Gasteiger partial charge in [-0.3, -0.25) is 19.3 Å². The van der Waals surface area contributed by atoms with E-state index < -0.39 is 0 Å². The number of fused-ring (bicyclic) bond motifs is 1. The van der Waals surface area contributed by atoms with Crippen LogP contribution in [0.25, 0.3) is 0 Å². The van der Waals surface area contributed by atoms with Gasteiger partial charge in [-0.15, -0.1) is 0 Å². The lowest BCUT2D eigenvalue weighted by atomic mass is 10.1. The van der Waals surface area contributed by atoms with Crippen molar-refractivity contribution < 1.29 is 14.4 Å². The van der Waals surface area contributed by atoms with Gasteiger partial charge in [0.1, 0.15) is 12.6 Å². The van der Waals surface area contributed by atoms with Gasteiger partial charge in [-0.05, 0) is 56.5 Å². The van der Waals surface area contributed by atoms with Crippen molar-refractivity contribution in [2.75, 3.05) is 32.7 Å². The summed E-state index contributed by atoms with van der Waals surface area (Å²) in [6.07, 6.45) is 3.99. The lowest BCUT2D eigenvalue weighted by molar-refractivity contribution is -0.154. The molecule has 0 aliphatic carbocycles. The van der Waals surface area contributed by atoms with Crippen LogP contribution in [0.5, 0.6) is 0 Å². The molecule has 1 aromatic rings. The molecule has 0 aromatic heterocycles. The highest BCUT2D eigenvalue weighted by atomic mass is 16.2. The van der Waals surface area contributed by atoms with Gasteiger partial charge in [0.25, 0.3) is 5.91 Å². The molecule has 7 nitrogen and oxygen atoms in total. The second kappa shape index (κ2) is 8.53. The fourth-order valence-corrected chi connectivity index (χ4v) is 4.84. The summed E-state index contributed by atoms with van der Waals surface area (Å²) in [4.78, 5) is 43.2. The third-order valence-corrected chi connectivity index (χ3v) is 6.49. The second-order valence-corrected chi connectivity index (χ2v) is 8.27. The van der Waals surface area contributed by atoms with Gasteiger partial charge >= 0.3 is 0 Å². The number of likely N-dealkylation sites (N-methyl/N-ethyl adjacent to an activating group) is 1. The third kappa shape index (κ3) is 4.15. The monoisotopic (exact) mass is 398 g/mol. The average molecular weight is 399 g/mol. The summed E-state index contributed by atoms with van der Waals surface area (Å²) in [6.45, 7) is 6.22. The molecule has 0 saturated carbocycles. The summed E-state index contributed by atoms with van der Waals surface area (Å²) in [7, 11) is 0. The first-order valence-electron chi connectivity index (χ1n) is 10.8. The average Bonchev–Trinajstić information content (AvgIpc) is 3.40. The molecule has 1 aromatic carbocycles. The maximum absolute atomic E-state index is 12.7. The zero-order valence-electron chi connectivity index (χ0n) is 17.1. The molecule has 2 atom stereocenters. The number of amides is 3. The third-order valence-electron chi connectivity index (χ3n) is 6.49. The van der Waals surface area contributed by atoms with Crippen LogP contribution < -0.4 is 5.32 Å². The second-order valence-electron chi connectivity index (χ2n) is 8.27. The Labute approximate surface area is 172 Å². The van der Waals surface area contributed by atoms with E-state index in [-0.39, 0.29) is 30.3 Å². The molecule has 4 rings (SSSR count). The van der Waals surface area contributed by atoms with Crippen molar-refractivity contribution in [2.45, 2.75) is 51.2 Å². The standard InChI is InChI=1S/C22H30N4O3/c1-2-24-11-3-5-18(24)13-23-21(28)17-9-7-16(8-10-17)14-25-15-20(27)26-12-4-6-19(26)22(25)29/h7-10,18-19H,2-6,11-15H2,1H3,(H,23,28)/t18-,19+/m0/s1. The van der Waals surface area contributed by atoms with Crippen LogP contribution in [0, 0.1) is 0 Å². The molecular weight excluding hydrogens is 368 g/mol. The number of nitrogens with one attached hydrogen (secondary N) is 1. The Balaban J connectivity index is 1.32. The van der Waals surface area contributed by atoms with Gasteiger partial charge in [0.05, 0.1) is 0 Å². The molecule has 3 aliphatic rings. The molecule has 0 spiro atoms. The van der Waals surface area contributed by atoms with Crippen molar-refractivity contribution in [3.05, 3.63) is 35.4 Å². The van der Waals surface area contributed by atoms with Crippen LogP contribution in [0.15, 0.2) is 24.3 Å². The minimum atomic E-state index is -0.278. The number of nitrogens with zero attached hydrogens (tertiary/aromatic N) is 3. The predicted molar refractivity (Wildman–Crippen MR) is 109 cm³/mol. The maximum Gasteiger partial charge on any atom is 0.251 e. The van der Waals surface area contributed by atoms with E-state index in [1.165, 1.54) is 6.42 Å². The summed E-state index contributed by atoms with van der Waals surface area (Å²) < 4.78 is 0. The molecule has 156 valence electrons. The summed E-state index contributed by atoms with van der Waals surface area (Å²) in [5.41, 5.74) is 1.56. The van der Waals surface area contributed by atoms with Gasteiger partial charge < -0.3 is 15.1 Å². The predicted octanol–water partition coefficient (Wildman–Crippen LogP) is 1.23. The summed E-state index contributed by atoms with van der Waals surface area (Å²) in [5, 5.41) is 3.05. The zero-order chi connectivity index (χ0) is 20.4. The molecule has 0 unspecified atom stereocenters. The molecule has 3 saturated heterocycles. The summed E-state index contributed by atoms with van der Waals surface area (Å²) in [5.74, 6) is 0.0161. The van der Waals surface area contributed by atoms with Crippen molar-refractivity contribution in [3.8, 4) is 0 Å². The quantitative estimate of drug-likeness (QED) is 0.782. The largest absolute Gasteiger partial charge is 0.350 e. The van der Waals surface area contributed by atoms with Crippen LogP contribution >= 0.6 is 0 Å². The van der Waals surface area contributed by atoms with Crippen LogP contribution in [-0.4, -0.2) is 77.2 Å². The van der Waals surface area contributed by atoms with E-state index in [1.807, 2.05) is 12.1 Å². The first-order valence-corrected chi connectivity index (χ1v) is 10.8. The fourth-order valence-electron chi connectivity index (χ4n) is 4.84. The lowest BCUT2D eigenvalue weighted by Crippen LogP contribution is -2.56. The Morgan fingerprint density at radius 3 is 2.62 bits per heavy atom. The van der Waals surface area contributed by atoms with Gasteiger partial charge in [-0.1, -0.05) is 19.1 Å². The number of carbonyl (C=O) groups is 3. The minimum Gasteiger partial charge on any atom is -0.350 e. The Hall–Kier alpha value is -2.41.